The van der Waals surface area contributed by atoms with E-state index < -0.39 is 0 Å². The zero-order valence-electron chi connectivity index (χ0n) is 12.9. The summed E-state index contributed by atoms with van der Waals surface area (Å²) in [4.78, 5) is 7.78. The third kappa shape index (κ3) is 10.5. The van der Waals surface area contributed by atoms with Gasteiger partial charge in [0.25, 0.3) is 0 Å². The summed E-state index contributed by atoms with van der Waals surface area (Å²) in [5.74, 6) is 0.881. The van der Waals surface area contributed by atoms with Crippen LogP contribution in [0.3, 0.4) is 0 Å². The first kappa shape index (κ1) is 17.2. The summed E-state index contributed by atoms with van der Waals surface area (Å²) < 4.78 is 5.55. The lowest BCUT2D eigenvalue weighted by atomic mass is 10.1. The van der Waals surface area contributed by atoms with E-state index in [9.17, 15) is 0 Å². The van der Waals surface area contributed by atoms with Gasteiger partial charge in [-0.1, -0.05) is 45.1 Å². The van der Waals surface area contributed by atoms with Crippen LogP contribution in [-0.2, 0) is 0 Å². The second-order valence-corrected chi connectivity index (χ2v) is 4.83. The molecule has 3 nitrogen and oxygen atoms in total. The quantitative estimate of drug-likeness (QED) is 0.647. The fourth-order valence-electron chi connectivity index (χ4n) is 1.82. The molecule has 0 amide bonds. The van der Waals surface area contributed by atoms with Crippen LogP contribution in [0.25, 0.3) is 0 Å². The van der Waals surface area contributed by atoms with Gasteiger partial charge in [-0.15, -0.1) is 0 Å². The van der Waals surface area contributed by atoms with E-state index in [-0.39, 0.29) is 0 Å². The van der Waals surface area contributed by atoms with Crippen LogP contribution in [0, 0.1) is 0 Å². The minimum Gasteiger partial charge on any atom is -0.492 e. The van der Waals surface area contributed by atoms with Gasteiger partial charge in [-0.3, -0.25) is 9.97 Å². The van der Waals surface area contributed by atoms with E-state index >= 15 is 0 Å². The number of pyridine rings is 2. The number of nitrogens with zero attached hydrogens (tertiary/aromatic N) is 2. The van der Waals surface area contributed by atoms with Gasteiger partial charge in [0.1, 0.15) is 5.75 Å². The first-order valence-corrected chi connectivity index (χ1v) is 7.81. The van der Waals surface area contributed by atoms with Crippen molar-refractivity contribution in [3.05, 3.63) is 55.1 Å². The molecule has 2 heterocycles. The Balaban J connectivity index is 0.000000304. The summed E-state index contributed by atoms with van der Waals surface area (Å²) >= 11 is 0. The van der Waals surface area contributed by atoms with E-state index in [0.29, 0.717) is 0 Å². The molecule has 0 aliphatic heterocycles. The Hall–Kier alpha value is -1.90. The lowest BCUT2D eigenvalue weighted by molar-refractivity contribution is 0.303. The smallest absolute Gasteiger partial charge is 0.137 e. The predicted molar refractivity (Wildman–Crippen MR) is 87.3 cm³/mol. The zero-order valence-corrected chi connectivity index (χ0v) is 12.9. The maximum absolute atomic E-state index is 5.55. The van der Waals surface area contributed by atoms with E-state index in [1.165, 1.54) is 32.1 Å². The highest BCUT2D eigenvalue weighted by Gasteiger charge is 1.93. The lowest BCUT2D eigenvalue weighted by Crippen LogP contribution is -1.97. The molecule has 2 rings (SSSR count). The van der Waals surface area contributed by atoms with Crippen molar-refractivity contribution in [1.29, 1.82) is 0 Å². The van der Waals surface area contributed by atoms with Crippen LogP contribution in [0.1, 0.15) is 45.4 Å². The van der Waals surface area contributed by atoms with Crippen molar-refractivity contribution in [1.82, 2.24) is 9.97 Å². The van der Waals surface area contributed by atoms with Crippen molar-refractivity contribution in [2.75, 3.05) is 6.61 Å². The van der Waals surface area contributed by atoms with E-state index in [1.807, 2.05) is 30.3 Å². The van der Waals surface area contributed by atoms with Gasteiger partial charge in [0.2, 0.25) is 0 Å². The summed E-state index contributed by atoms with van der Waals surface area (Å²) in [5, 5.41) is 0. The van der Waals surface area contributed by atoms with Gasteiger partial charge < -0.3 is 4.74 Å². The number of aromatic nitrogens is 2. The Labute approximate surface area is 128 Å². The molecule has 0 atom stereocenters. The second-order valence-electron chi connectivity index (χ2n) is 4.83. The van der Waals surface area contributed by atoms with Gasteiger partial charge in [0.15, 0.2) is 0 Å². The summed E-state index contributed by atoms with van der Waals surface area (Å²) in [6, 6.07) is 9.56. The number of unbranched alkanes of at least 4 members (excludes halogenated alkanes) is 5. The standard InChI is InChI=1S/C13H21NO.C5H5N/c1-2-3-4-5-6-7-11-15-13-9-8-10-14-12-13;1-2-4-6-5-3-1/h8-10,12H,2-7,11H2,1H3;1-5H. The Morgan fingerprint density at radius 1 is 0.810 bits per heavy atom. The molecule has 0 fully saturated rings. The first-order chi connectivity index (χ1) is 10.4. The van der Waals surface area contributed by atoms with Crippen molar-refractivity contribution in [2.24, 2.45) is 0 Å². The molecule has 3 heteroatoms. The predicted octanol–water partition coefficient (Wildman–Crippen LogP) is 4.90. The Kier molecular flexibility index (Phi) is 10.7. The van der Waals surface area contributed by atoms with Crippen LogP contribution in [0.5, 0.6) is 5.75 Å². The van der Waals surface area contributed by atoms with Gasteiger partial charge in [-0.25, -0.2) is 0 Å². The van der Waals surface area contributed by atoms with Crippen LogP contribution in [-0.4, -0.2) is 16.6 Å². The third-order valence-corrected chi connectivity index (χ3v) is 2.97. The number of ether oxygens (including phenoxy) is 1. The molecule has 0 aliphatic rings. The van der Waals surface area contributed by atoms with E-state index in [2.05, 4.69) is 16.9 Å². The minimum atomic E-state index is 0.817. The molecule has 0 N–H and O–H groups in total. The van der Waals surface area contributed by atoms with Gasteiger partial charge in [-0.2, -0.15) is 0 Å². The molecule has 0 bridgehead atoms. The number of rotatable bonds is 8. The van der Waals surface area contributed by atoms with Gasteiger partial charge in [0.05, 0.1) is 12.8 Å². The Bertz CT molecular complexity index is 393. The van der Waals surface area contributed by atoms with Gasteiger partial charge >= 0.3 is 0 Å². The average Bonchev–Trinajstić information content (AvgIpc) is 2.57. The normalized spacial score (nSPS) is 9.57. The van der Waals surface area contributed by atoms with Crippen molar-refractivity contribution >= 4 is 0 Å². The molecular weight excluding hydrogens is 260 g/mol. The van der Waals surface area contributed by atoms with Crippen molar-refractivity contribution in [2.45, 2.75) is 45.4 Å². The summed E-state index contributed by atoms with van der Waals surface area (Å²) in [6.45, 7) is 3.06. The first-order valence-electron chi connectivity index (χ1n) is 7.81. The molecule has 0 aliphatic carbocycles. The van der Waals surface area contributed by atoms with Gasteiger partial charge in [0, 0.05) is 18.6 Å². The molecule has 2 aromatic rings. The van der Waals surface area contributed by atoms with Crippen molar-refractivity contribution < 1.29 is 4.74 Å². The highest BCUT2D eigenvalue weighted by molar-refractivity contribution is 5.15. The molecule has 0 unspecified atom stereocenters. The maximum Gasteiger partial charge on any atom is 0.137 e. The summed E-state index contributed by atoms with van der Waals surface area (Å²) in [5.41, 5.74) is 0. The van der Waals surface area contributed by atoms with Crippen molar-refractivity contribution in [3.8, 4) is 5.75 Å². The molecule has 0 aromatic carbocycles. The van der Waals surface area contributed by atoms with Crippen LogP contribution >= 0.6 is 0 Å². The molecule has 0 saturated heterocycles. The molecular formula is C18H26N2O. The molecule has 0 radical (unpaired) electrons. The van der Waals surface area contributed by atoms with Gasteiger partial charge in [-0.05, 0) is 30.7 Å². The minimum absolute atomic E-state index is 0.817. The Morgan fingerprint density at radius 2 is 1.52 bits per heavy atom. The fraction of sp³-hybridized carbons (Fsp3) is 0.444. The number of hydrogen-bond acceptors (Lipinski definition) is 3. The molecule has 114 valence electrons. The maximum atomic E-state index is 5.55. The third-order valence-electron chi connectivity index (χ3n) is 2.97. The zero-order chi connectivity index (χ0) is 15.0. The summed E-state index contributed by atoms with van der Waals surface area (Å²) in [7, 11) is 0. The highest BCUT2D eigenvalue weighted by atomic mass is 16.5. The highest BCUT2D eigenvalue weighted by Crippen LogP contribution is 2.09. The topological polar surface area (TPSA) is 35.0 Å². The van der Waals surface area contributed by atoms with Crippen LogP contribution in [0.15, 0.2) is 55.1 Å². The average molecular weight is 286 g/mol. The van der Waals surface area contributed by atoms with E-state index in [0.717, 1.165) is 18.8 Å². The molecule has 0 spiro atoms. The largest absolute Gasteiger partial charge is 0.492 e. The monoisotopic (exact) mass is 286 g/mol. The molecule has 21 heavy (non-hydrogen) atoms. The summed E-state index contributed by atoms with van der Waals surface area (Å²) in [6.07, 6.45) is 14.8. The lowest BCUT2D eigenvalue weighted by Gasteiger charge is -2.04. The molecule has 2 aromatic heterocycles. The van der Waals surface area contributed by atoms with Crippen molar-refractivity contribution in [3.63, 3.8) is 0 Å². The van der Waals surface area contributed by atoms with E-state index in [4.69, 9.17) is 4.74 Å². The Morgan fingerprint density at radius 3 is 2.10 bits per heavy atom. The fourth-order valence-corrected chi connectivity index (χ4v) is 1.82. The van der Waals surface area contributed by atoms with E-state index in [1.54, 1.807) is 24.8 Å². The van der Waals surface area contributed by atoms with Crippen LogP contribution < -0.4 is 4.74 Å². The number of hydrogen-bond donors (Lipinski definition) is 0. The molecule has 0 saturated carbocycles. The van der Waals surface area contributed by atoms with Crippen LogP contribution in [0.4, 0.5) is 0 Å². The second kappa shape index (κ2) is 13.1. The van der Waals surface area contributed by atoms with Crippen LogP contribution in [0.2, 0.25) is 0 Å². The SMILES string of the molecule is CCCCCCCCOc1cccnc1.c1ccncc1.